The number of nitrogens with zero attached hydrogens (tertiary/aromatic N) is 1. The predicted octanol–water partition coefficient (Wildman–Crippen LogP) is 2.96. The Morgan fingerprint density at radius 1 is 1.45 bits per heavy atom. The standard InChI is InChI=1S/C18H26N2O2/c1-18(2,22)11-20(3)17(21)19-15-10-13-8-4-6-12-7-5-9-14(15)16(12)13/h5,7,9,13,15,22H,4,6,8,10-11H2,1-3H3,(H,19,21). The lowest BCUT2D eigenvalue weighted by Crippen LogP contribution is -2.45. The summed E-state index contributed by atoms with van der Waals surface area (Å²) in [6, 6.07) is 6.50. The SMILES string of the molecule is CN(CC(C)(C)O)C(=O)NC1CC2CCCc3cccc1c32. The van der Waals surface area contributed by atoms with Crippen LogP contribution in [0, 0.1) is 0 Å². The van der Waals surface area contributed by atoms with E-state index >= 15 is 0 Å². The number of rotatable bonds is 3. The fourth-order valence-electron chi connectivity index (χ4n) is 4.03. The Bertz CT molecular complexity index is 577. The summed E-state index contributed by atoms with van der Waals surface area (Å²) in [5.41, 5.74) is 3.38. The van der Waals surface area contributed by atoms with Crippen molar-refractivity contribution in [3.05, 3.63) is 34.9 Å². The van der Waals surface area contributed by atoms with E-state index in [0.717, 1.165) is 6.42 Å². The number of aliphatic hydroxyl groups is 1. The number of benzene rings is 1. The van der Waals surface area contributed by atoms with Gasteiger partial charge in [0.2, 0.25) is 0 Å². The molecule has 0 aromatic heterocycles. The van der Waals surface area contributed by atoms with Gasteiger partial charge in [0.05, 0.1) is 18.2 Å². The van der Waals surface area contributed by atoms with Crippen molar-refractivity contribution in [2.75, 3.05) is 13.6 Å². The van der Waals surface area contributed by atoms with Crippen LogP contribution in [-0.4, -0.2) is 35.2 Å². The van der Waals surface area contributed by atoms with Gasteiger partial charge in [-0.25, -0.2) is 4.79 Å². The first-order valence-corrected chi connectivity index (χ1v) is 8.21. The largest absolute Gasteiger partial charge is 0.389 e. The van der Waals surface area contributed by atoms with E-state index < -0.39 is 5.60 Å². The van der Waals surface area contributed by atoms with E-state index in [1.807, 2.05) is 0 Å². The van der Waals surface area contributed by atoms with Gasteiger partial charge in [0.25, 0.3) is 0 Å². The van der Waals surface area contributed by atoms with Crippen molar-refractivity contribution in [3.8, 4) is 0 Å². The number of hydrogen-bond acceptors (Lipinski definition) is 2. The third kappa shape index (κ3) is 2.98. The van der Waals surface area contributed by atoms with Crippen LogP contribution in [0.1, 0.15) is 61.8 Å². The molecule has 0 fully saturated rings. The summed E-state index contributed by atoms with van der Waals surface area (Å²) in [6.45, 7) is 3.75. The topological polar surface area (TPSA) is 52.6 Å². The van der Waals surface area contributed by atoms with Crippen LogP contribution in [-0.2, 0) is 6.42 Å². The number of aryl methyl sites for hydroxylation is 1. The summed E-state index contributed by atoms with van der Waals surface area (Å²) in [7, 11) is 1.73. The van der Waals surface area contributed by atoms with Gasteiger partial charge in [0.15, 0.2) is 0 Å². The van der Waals surface area contributed by atoms with Crippen molar-refractivity contribution in [1.82, 2.24) is 10.2 Å². The smallest absolute Gasteiger partial charge is 0.317 e. The van der Waals surface area contributed by atoms with Crippen LogP contribution < -0.4 is 5.32 Å². The second kappa shape index (κ2) is 5.58. The molecule has 2 atom stereocenters. The van der Waals surface area contributed by atoms with Crippen molar-refractivity contribution >= 4 is 6.03 Å². The molecule has 2 N–H and O–H groups in total. The molecule has 1 aromatic carbocycles. The molecule has 4 heteroatoms. The molecule has 2 unspecified atom stereocenters. The van der Waals surface area contributed by atoms with E-state index in [4.69, 9.17) is 0 Å². The van der Waals surface area contributed by atoms with E-state index in [9.17, 15) is 9.90 Å². The summed E-state index contributed by atoms with van der Waals surface area (Å²) < 4.78 is 0. The van der Waals surface area contributed by atoms with Crippen LogP contribution in [0.4, 0.5) is 4.79 Å². The van der Waals surface area contributed by atoms with Crippen LogP contribution in [0.15, 0.2) is 18.2 Å². The molecular formula is C18H26N2O2. The lowest BCUT2D eigenvalue weighted by molar-refractivity contribution is 0.0527. The summed E-state index contributed by atoms with van der Waals surface area (Å²) >= 11 is 0. The lowest BCUT2D eigenvalue weighted by Gasteiger charge is -2.27. The van der Waals surface area contributed by atoms with E-state index in [0.29, 0.717) is 12.5 Å². The van der Waals surface area contributed by atoms with Crippen molar-refractivity contribution in [3.63, 3.8) is 0 Å². The van der Waals surface area contributed by atoms with Crippen LogP contribution in [0.5, 0.6) is 0 Å². The second-order valence-corrected chi connectivity index (χ2v) is 7.42. The number of carbonyl (C=O) groups excluding carboxylic acids is 1. The summed E-state index contributed by atoms with van der Waals surface area (Å²) in [6.07, 6.45) is 4.66. The van der Waals surface area contributed by atoms with E-state index in [1.165, 1.54) is 36.0 Å². The summed E-state index contributed by atoms with van der Waals surface area (Å²) in [5.74, 6) is 0.602. The average molecular weight is 302 g/mol. The Morgan fingerprint density at radius 2 is 2.23 bits per heavy atom. The van der Waals surface area contributed by atoms with Gasteiger partial charge in [0.1, 0.15) is 0 Å². The fraction of sp³-hybridized carbons (Fsp3) is 0.611. The monoisotopic (exact) mass is 302 g/mol. The van der Waals surface area contributed by atoms with Gasteiger partial charge < -0.3 is 15.3 Å². The highest BCUT2D eigenvalue weighted by atomic mass is 16.3. The molecule has 2 aliphatic carbocycles. The number of amides is 2. The third-order valence-electron chi connectivity index (χ3n) is 4.80. The minimum absolute atomic E-state index is 0.106. The van der Waals surface area contributed by atoms with Crippen molar-refractivity contribution in [2.24, 2.45) is 0 Å². The fourth-order valence-corrected chi connectivity index (χ4v) is 4.03. The molecule has 0 bridgehead atoms. The molecule has 2 aliphatic rings. The third-order valence-corrected chi connectivity index (χ3v) is 4.80. The minimum Gasteiger partial charge on any atom is -0.389 e. The first kappa shape index (κ1) is 15.3. The molecule has 0 saturated carbocycles. The Balaban J connectivity index is 1.73. The molecule has 0 heterocycles. The quantitative estimate of drug-likeness (QED) is 0.902. The molecule has 22 heavy (non-hydrogen) atoms. The minimum atomic E-state index is -0.877. The first-order chi connectivity index (χ1) is 10.3. The zero-order valence-corrected chi connectivity index (χ0v) is 13.7. The Kier molecular flexibility index (Phi) is 3.89. The molecule has 1 aromatic rings. The summed E-state index contributed by atoms with van der Waals surface area (Å²) in [4.78, 5) is 14.0. The van der Waals surface area contributed by atoms with Gasteiger partial charge in [-0.3, -0.25) is 0 Å². The number of hydrogen-bond donors (Lipinski definition) is 2. The summed E-state index contributed by atoms with van der Waals surface area (Å²) in [5, 5.41) is 13.0. The highest BCUT2D eigenvalue weighted by Gasteiger charge is 2.35. The Hall–Kier alpha value is -1.55. The number of likely N-dealkylation sites (N-methyl/N-ethyl adjacent to an activating group) is 1. The normalized spacial score (nSPS) is 23.1. The van der Waals surface area contributed by atoms with E-state index in [-0.39, 0.29) is 12.1 Å². The zero-order valence-electron chi connectivity index (χ0n) is 13.7. The Morgan fingerprint density at radius 3 is 2.95 bits per heavy atom. The molecular weight excluding hydrogens is 276 g/mol. The Labute approximate surface area is 132 Å². The lowest BCUT2D eigenvalue weighted by atomic mass is 9.84. The van der Waals surface area contributed by atoms with E-state index in [1.54, 1.807) is 25.8 Å². The van der Waals surface area contributed by atoms with Gasteiger partial charge in [-0.1, -0.05) is 18.2 Å². The van der Waals surface area contributed by atoms with Crippen LogP contribution in [0.25, 0.3) is 0 Å². The van der Waals surface area contributed by atoms with Crippen molar-refractivity contribution in [1.29, 1.82) is 0 Å². The van der Waals surface area contributed by atoms with Gasteiger partial charge in [-0.05, 0) is 62.1 Å². The average Bonchev–Trinajstić information content (AvgIpc) is 2.78. The number of urea groups is 1. The highest BCUT2D eigenvalue weighted by molar-refractivity contribution is 5.75. The first-order valence-electron chi connectivity index (χ1n) is 8.21. The second-order valence-electron chi connectivity index (χ2n) is 7.42. The van der Waals surface area contributed by atoms with E-state index in [2.05, 4.69) is 23.5 Å². The van der Waals surface area contributed by atoms with Crippen LogP contribution >= 0.6 is 0 Å². The molecule has 0 radical (unpaired) electrons. The molecule has 120 valence electrons. The highest BCUT2D eigenvalue weighted by Crippen LogP contribution is 2.47. The van der Waals surface area contributed by atoms with Gasteiger partial charge in [0, 0.05) is 7.05 Å². The molecule has 0 aliphatic heterocycles. The van der Waals surface area contributed by atoms with Crippen molar-refractivity contribution in [2.45, 2.75) is 57.1 Å². The molecule has 0 saturated heterocycles. The molecule has 3 rings (SSSR count). The van der Waals surface area contributed by atoms with Crippen LogP contribution in [0.2, 0.25) is 0 Å². The number of nitrogens with one attached hydrogen (secondary N) is 1. The maximum absolute atomic E-state index is 12.4. The van der Waals surface area contributed by atoms with Gasteiger partial charge >= 0.3 is 6.03 Å². The molecule has 2 amide bonds. The van der Waals surface area contributed by atoms with Crippen molar-refractivity contribution < 1.29 is 9.90 Å². The molecule has 4 nitrogen and oxygen atoms in total. The van der Waals surface area contributed by atoms with Gasteiger partial charge in [-0.2, -0.15) is 0 Å². The maximum atomic E-state index is 12.4. The number of carbonyl (C=O) groups is 1. The maximum Gasteiger partial charge on any atom is 0.317 e. The predicted molar refractivity (Wildman–Crippen MR) is 86.9 cm³/mol. The van der Waals surface area contributed by atoms with Gasteiger partial charge in [-0.15, -0.1) is 0 Å². The zero-order chi connectivity index (χ0) is 15.9. The molecule has 0 spiro atoms. The van der Waals surface area contributed by atoms with Crippen LogP contribution in [0.3, 0.4) is 0 Å².